The van der Waals surface area contributed by atoms with Crippen LogP contribution < -0.4 is 10.9 Å². The second-order valence-electron chi connectivity index (χ2n) is 6.68. The number of amides is 1. The number of pyridine rings is 1. The van der Waals surface area contributed by atoms with Crippen LogP contribution in [0.25, 0.3) is 21.8 Å². The van der Waals surface area contributed by atoms with Crippen molar-refractivity contribution in [3.8, 4) is 0 Å². The van der Waals surface area contributed by atoms with E-state index in [0.29, 0.717) is 27.7 Å². The molecule has 0 radical (unpaired) electrons. The second-order valence-corrected chi connectivity index (χ2v) is 6.68. The van der Waals surface area contributed by atoms with Crippen molar-refractivity contribution < 1.29 is 9.18 Å². The molecule has 0 aliphatic heterocycles. The molecule has 1 N–H and O–H groups in total. The van der Waals surface area contributed by atoms with Crippen molar-refractivity contribution >= 4 is 33.4 Å². The maximum atomic E-state index is 13.8. The quantitative estimate of drug-likeness (QED) is 0.590. The van der Waals surface area contributed by atoms with Crippen LogP contribution in [0.2, 0.25) is 0 Å². The van der Waals surface area contributed by atoms with Gasteiger partial charge in [0.2, 0.25) is 0 Å². The SMILES string of the molecule is Cc1ccc(NC(=O)c2cn(C)c(=O)c3c2c2ccccc2n3C)cc1F. The molecule has 1 amide bonds. The summed E-state index contributed by atoms with van der Waals surface area (Å²) in [4.78, 5) is 25.7. The monoisotopic (exact) mass is 363 g/mol. The fourth-order valence-electron chi connectivity index (χ4n) is 3.44. The number of para-hydroxylation sites is 1. The lowest BCUT2D eigenvalue weighted by atomic mass is 10.1. The highest BCUT2D eigenvalue weighted by Gasteiger charge is 2.20. The van der Waals surface area contributed by atoms with Gasteiger partial charge >= 0.3 is 0 Å². The predicted molar refractivity (Wildman–Crippen MR) is 105 cm³/mol. The zero-order valence-corrected chi connectivity index (χ0v) is 15.2. The molecule has 2 aromatic carbocycles. The van der Waals surface area contributed by atoms with E-state index in [0.717, 1.165) is 10.9 Å². The summed E-state index contributed by atoms with van der Waals surface area (Å²) in [6.45, 7) is 1.66. The van der Waals surface area contributed by atoms with Crippen LogP contribution in [0, 0.1) is 12.7 Å². The molecular formula is C21H18FN3O2. The number of benzene rings is 2. The number of anilines is 1. The zero-order chi connectivity index (χ0) is 19.3. The molecule has 0 atom stereocenters. The summed E-state index contributed by atoms with van der Waals surface area (Å²) in [5, 5.41) is 4.16. The molecule has 0 fully saturated rings. The molecule has 4 aromatic rings. The third kappa shape index (κ3) is 2.61. The normalized spacial score (nSPS) is 11.3. The number of hydrogen-bond donors (Lipinski definition) is 1. The van der Waals surface area contributed by atoms with Gasteiger partial charge < -0.3 is 14.5 Å². The van der Waals surface area contributed by atoms with Crippen LogP contribution in [-0.4, -0.2) is 15.0 Å². The van der Waals surface area contributed by atoms with E-state index in [-0.39, 0.29) is 11.4 Å². The number of aromatic nitrogens is 2. The van der Waals surface area contributed by atoms with Crippen LogP contribution in [0.5, 0.6) is 0 Å². The Bertz CT molecular complexity index is 1280. The number of aryl methyl sites for hydroxylation is 3. The number of halogens is 1. The fraction of sp³-hybridized carbons (Fsp3) is 0.143. The standard InChI is InChI=1S/C21H18FN3O2/c1-12-8-9-13(10-16(12)22)23-20(26)15-11-24(2)21(27)19-18(15)14-6-4-5-7-17(14)25(19)3/h4-11H,1-3H3,(H,23,26). The van der Waals surface area contributed by atoms with Crippen molar-refractivity contribution in [1.82, 2.24) is 9.13 Å². The van der Waals surface area contributed by atoms with Crippen LogP contribution in [0.1, 0.15) is 15.9 Å². The van der Waals surface area contributed by atoms with Crippen molar-refractivity contribution in [3.05, 3.63) is 76.0 Å². The van der Waals surface area contributed by atoms with Gasteiger partial charge in [-0.3, -0.25) is 9.59 Å². The summed E-state index contributed by atoms with van der Waals surface area (Å²) in [5.41, 5.74) is 2.39. The Balaban J connectivity index is 1.94. The molecule has 2 heterocycles. The molecule has 0 spiro atoms. The lowest BCUT2D eigenvalue weighted by Crippen LogP contribution is -2.22. The molecule has 27 heavy (non-hydrogen) atoms. The Labute approximate surface area is 154 Å². The third-order valence-corrected chi connectivity index (χ3v) is 4.90. The zero-order valence-electron chi connectivity index (χ0n) is 15.2. The second kappa shape index (κ2) is 6.09. The molecule has 4 rings (SSSR count). The summed E-state index contributed by atoms with van der Waals surface area (Å²) >= 11 is 0. The first-order valence-electron chi connectivity index (χ1n) is 8.52. The van der Waals surface area contributed by atoms with Crippen LogP contribution in [0.3, 0.4) is 0 Å². The molecule has 0 unspecified atom stereocenters. The highest BCUT2D eigenvalue weighted by atomic mass is 19.1. The number of carbonyl (C=O) groups is 1. The van der Waals surface area contributed by atoms with Crippen molar-refractivity contribution in [2.75, 3.05) is 5.32 Å². The number of nitrogens with one attached hydrogen (secondary N) is 1. The van der Waals surface area contributed by atoms with Gasteiger partial charge in [0.25, 0.3) is 11.5 Å². The Hall–Kier alpha value is -3.41. The average Bonchev–Trinajstić information content (AvgIpc) is 2.95. The lowest BCUT2D eigenvalue weighted by Gasteiger charge is -2.10. The van der Waals surface area contributed by atoms with Gasteiger partial charge in [0.15, 0.2) is 0 Å². The molecule has 0 aliphatic rings. The van der Waals surface area contributed by atoms with Gasteiger partial charge in [-0.05, 0) is 30.7 Å². The topological polar surface area (TPSA) is 56.0 Å². The van der Waals surface area contributed by atoms with Crippen molar-refractivity contribution in [2.24, 2.45) is 14.1 Å². The minimum absolute atomic E-state index is 0.179. The summed E-state index contributed by atoms with van der Waals surface area (Å²) < 4.78 is 17.0. The molecule has 6 heteroatoms. The number of nitrogens with zero attached hydrogens (tertiary/aromatic N) is 2. The summed E-state index contributed by atoms with van der Waals surface area (Å²) in [6, 6.07) is 12.1. The van der Waals surface area contributed by atoms with Crippen LogP contribution in [-0.2, 0) is 14.1 Å². The largest absolute Gasteiger partial charge is 0.339 e. The molecule has 0 saturated heterocycles. The molecule has 0 saturated carbocycles. The Morgan fingerprint density at radius 3 is 2.59 bits per heavy atom. The van der Waals surface area contributed by atoms with Crippen LogP contribution in [0.15, 0.2) is 53.5 Å². The number of fused-ring (bicyclic) bond motifs is 3. The van der Waals surface area contributed by atoms with E-state index in [1.54, 1.807) is 30.7 Å². The van der Waals surface area contributed by atoms with Gasteiger partial charge in [0.05, 0.1) is 5.56 Å². The molecule has 5 nitrogen and oxygen atoms in total. The van der Waals surface area contributed by atoms with E-state index in [4.69, 9.17) is 0 Å². The summed E-state index contributed by atoms with van der Waals surface area (Å²) in [7, 11) is 3.42. The summed E-state index contributed by atoms with van der Waals surface area (Å²) in [5.74, 6) is -0.779. The van der Waals surface area contributed by atoms with E-state index in [2.05, 4.69) is 5.32 Å². The Kier molecular flexibility index (Phi) is 3.84. The third-order valence-electron chi connectivity index (χ3n) is 4.90. The fourth-order valence-corrected chi connectivity index (χ4v) is 3.44. The van der Waals surface area contributed by atoms with E-state index in [1.807, 2.05) is 31.3 Å². The smallest absolute Gasteiger partial charge is 0.274 e. The molecule has 2 aromatic heterocycles. The first-order valence-corrected chi connectivity index (χ1v) is 8.52. The van der Waals surface area contributed by atoms with E-state index < -0.39 is 5.91 Å². The van der Waals surface area contributed by atoms with Crippen molar-refractivity contribution in [1.29, 1.82) is 0 Å². The number of hydrogen-bond acceptors (Lipinski definition) is 2. The number of carbonyl (C=O) groups excluding carboxylic acids is 1. The summed E-state index contributed by atoms with van der Waals surface area (Å²) in [6.07, 6.45) is 1.52. The first kappa shape index (κ1) is 17.0. The van der Waals surface area contributed by atoms with Gasteiger partial charge in [-0.2, -0.15) is 0 Å². The minimum Gasteiger partial charge on any atom is -0.339 e. The molecule has 0 aliphatic carbocycles. The van der Waals surface area contributed by atoms with Crippen LogP contribution in [0.4, 0.5) is 10.1 Å². The average molecular weight is 363 g/mol. The van der Waals surface area contributed by atoms with E-state index >= 15 is 0 Å². The van der Waals surface area contributed by atoms with Gasteiger partial charge in [-0.15, -0.1) is 0 Å². The van der Waals surface area contributed by atoms with Gasteiger partial charge in [-0.25, -0.2) is 4.39 Å². The highest BCUT2D eigenvalue weighted by Crippen LogP contribution is 2.29. The van der Waals surface area contributed by atoms with Gasteiger partial charge in [0, 0.05) is 42.3 Å². The maximum Gasteiger partial charge on any atom is 0.274 e. The molecule has 136 valence electrons. The highest BCUT2D eigenvalue weighted by molar-refractivity contribution is 6.20. The predicted octanol–water partition coefficient (Wildman–Crippen LogP) is 3.73. The van der Waals surface area contributed by atoms with E-state index in [1.165, 1.54) is 16.8 Å². The van der Waals surface area contributed by atoms with E-state index in [9.17, 15) is 14.0 Å². The molecular weight excluding hydrogens is 345 g/mol. The van der Waals surface area contributed by atoms with Gasteiger partial charge in [-0.1, -0.05) is 24.3 Å². The van der Waals surface area contributed by atoms with Crippen molar-refractivity contribution in [3.63, 3.8) is 0 Å². The first-order chi connectivity index (χ1) is 12.9. The van der Waals surface area contributed by atoms with Gasteiger partial charge in [0.1, 0.15) is 11.3 Å². The molecule has 0 bridgehead atoms. The number of rotatable bonds is 2. The van der Waals surface area contributed by atoms with Crippen molar-refractivity contribution in [2.45, 2.75) is 6.92 Å². The minimum atomic E-state index is -0.393. The maximum absolute atomic E-state index is 13.8. The lowest BCUT2D eigenvalue weighted by molar-refractivity contribution is 0.102. The van der Waals surface area contributed by atoms with Crippen LogP contribution >= 0.6 is 0 Å². The Morgan fingerprint density at radius 1 is 1.11 bits per heavy atom. The Morgan fingerprint density at radius 2 is 1.85 bits per heavy atom.